The lowest BCUT2D eigenvalue weighted by Gasteiger charge is -2.11. The molecular weight excluding hydrogens is 593 g/mol. The highest BCUT2D eigenvalue weighted by molar-refractivity contribution is 14.3. The number of unbranched alkanes of at least 4 members (excludes halogenated alkanes) is 8. The molecule has 0 rings (SSSR count). The van der Waals surface area contributed by atoms with Crippen molar-refractivity contribution >= 4 is 79.5 Å². The normalized spacial score (nSPS) is 12.0. The molecule has 4 heteroatoms. The second-order valence-corrected chi connectivity index (χ2v) is 18.1. The van der Waals surface area contributed by atoms with Gasteiger partial charge in [-0.25, -0.2) is 0 Å². The molecule has 116 valence electrons. The van der Waals surface area contributed by atoms with Crippen LogP contribution in [0.15, 0.2) is 0 Å². The van der Waals surface area contributed by atoms with Crippen LogP contribution in [0.5, 0.6) is 0 Å². The van der Waals surface area contributed by atoms with Crippen LogP contribution >= 0.6 is 79.5 Å². The molecule has 0 aliphatic heterocycles. The first-order valence-corrected chi connectivity index (χ1v) is 12.1. The van der Waals surface area contributed by atoms with Gasteiger partial charge in [-0.1, -0.05) is 126 Å². The molecule has 0 saturated heterocycles. The van der Waals surface area contributed by atoms with E-state index in [2.05, 4.69) is 86.5 Å². The molecule has 0 atom stereocenters. The Balaban J connectivity index is 2.99. The molecule has 0 amide bonds. The molecule has 0 aliphatic carbocycles. The van der Waals surface area contributed by atoms with E-state index >= 15 is 0 Å². The van der Waals surface area contributed by atoms with Crippen LogP contribution in [0, 0.1) is 0 Å². The van der Waals surface area contributed by atoms with Gasteiger partial charge in [0.05, 0.1) is 0 Å². The average molecular weight is 622 g/mol. The van der Waals surface area contributed by atoms with Crippen LogP contribution in [0.25, 0.3) is 0 Å². The van der Waals surface area contributed by atoms with E-state index in [1.54, 1.807) is 0 Å². The first-order valence-electron chi connectivity index (χ1n) is 7.70. The maximum absolute atomic E-state index is 2.54. The molecule has 0 radical (unpaired) electrons. The quantitative estimate of drug-likeness (QED) is 0.108. The summed E-state index contributed by atoms with van der Waals surface area (Å²) in [6.07, 6.45) is 15.7. The summed E-state index contributed by atoms with van der Waals surface area (Å²) in [4.78, 5) is 0. The molecule has 0 heterocycles. The van der Waals surface area contributed by atoms with Crippen LogP contribution in [0.3, 0.4) is 0 Å². The number of rotatable bonds is 14. The molecule has 19 heavy (non-hydrogen) atoms. The van der Waals surface area contributed by atoms with Gasteiger partial charge in [-0.2, -0.15) is 11.8 Å². The minimum atomic E-state index is 0.447. The number of hydrogen-bond donors (Lipinski definition) is 0. The summed E-state index contributed by atoms with van der Waals surface area (Å²) in [6.45, 7) is 2.28. The lowest BCUT2D eigenvalue weighted by molar-refractivity contribution is 0.573. The average Bonchev–Trinajstić information content (AvgIpc) is 2.34. The van der Waals surface area contributed by atoms with E-state index in [1.165, 1.54) is 82.1 Å². The van der Waals surface area contributed by atoms with Gasteiger partial charge in [0.15, 0.2) is 0 Å². The molecule has 0 aromatic heterocycles. The minimum absolute atomic E-state index is 0.447. The van der Waals surface area contributed by atoms with Crippen molar-refractivity contribution in [3.63, 3.8) is 0 Å². The number of alkyl halides is 3. The van der Waals surface area contributed by atoms with Crippen molar-refractivity contribution in [2.24, 2.45) is 0 Å². The van der Waals surface area contributed by atoms with Crippen molar-refractivity contribution < 1.29 is 0 Å². The zero-order valence-corrected chi connectivity index (χ0v) is 19.5. The molecule has 0 nitrogen and oxygen atoms in total. The minimum Gasteiger partial charge on any atom is -0.162 e. The van der Waals surface area contributed by atoms with Crippen LogP contribution in [0.1, 0.15) is 77.6 Å². The van der Waals surface area contributed by atoms with Crippen LogP contribution in [0.2, 0.25) is 0 Å². The van der Waals surface area contributed by atoms with Gasteiger partial charge in [0.1, 0.15) is -0.565 Å². The molecule has 0 N–H and O–H groups in total. The molecule has 0 bridgehead atoms. The standard InChI is InChI=1S/C15H29I3S/c1-2-3-13-19-14-11-9-7-5-4-6-8-10-12-15(16,17)18/h2-14H2,1H3. The zero-order chi connectivity index (χ0) is 14.4. The number of thioether (sulfide) groups is 1. The first kappa shape index (κ1) is 21.5. The fourth-order valence-electron chi connectivity index (χ4n) is 1.94. The smallest absolute Gasteiger partial charge is 0.124 e. The largest absolute Gasteiger partial charge is 0.162 e. The van der Waals surface area contributed by atoms with E-state index < -0.39 is 0 Å². The lowest BCUT2D eigenvalue weighted by Crippen LogP contribution is -1.97. The van der Waals surface area contributed by atoms with Gasteiger partial charge in [0.2, 0.25) is 0 Å². The molecule has 0 aromatic carbocycles. The Bertz CT molecular complexity index is 181. The molecule has 0 aromatic rings. The molecule has 0 saturated carbocycles. The van der Waals surface area contributed by atoms with E-state index in [-0.39, 0.29) is 0 Å². The zero-order valence-electron chi connectivity index (χ0n) is 12.2. The van der Waals surface area contributed by atoms with E-state index in [9.17, 15) is 0 Å². The molecule has 0 aliphatic rings. The van der Waals surface area contributed by atoms with Crippen molar-refractivity contribution in [1.82, 2.24) is 0 Å². The van der Waals surface area contributed by atoms with Crippen LogP contribution in [0.4, 0.5) is 0 Å². The van der Waals surface area contributed by atoms with Gasteiger partial charge in [-0.15, -0.1) is 0 Å². The predicted molar refractivity (Wildman–Crippen MR) is 119 cm³/mol. The molecular formula is C15H29I3S. The summed E-state index contributed by atoms with van der Waals surface area (Å²) in [7, 11) is 0. The fourth-order valence-corrected chi connectivity index (χ4v) is 4.19. The summed E-state index contributed by atoms with van der Waals surface area (Å²) in [5.41, 5.74) is 0. The highest BCUT2D eigenvalue weighted by Crippen LogP contribution is 2.40. The number of hydrogen-bond acceptors (Lipinski definition) is 1. The van der Waals surface area contributed by atoms with Crippen LogP contribution < -0.4 is 0 Å². The second kappa shape index (κ2) is 15.4. The van der Waals surface area contributed by atoms with E-state index in [0.717, 1.165) is 0 Å². The highest BCUT2D eigenvalue weighted by atomic mass is 127. The Labute approximate surface area is 166 Å². The highest BCUT2D eigenvalue weighted by Gasteiger charge is 2.15. The summed E-state index contributed by atoms with van der Waals surface area (Å²) in [5.74, 6) is 2.77. The topological polar surface area (TPSA) is 0 Å². The van der Waals surface area contributed by atoms with Crippen molar-refractivity contribution in [2.75, 3.05) is 11.5 Å². The first-order chi connectivity index (χ1) is 9.06. The summed E-state index contributed by atoms with van der Waals surface area (Å²) in [6, 6.07) is 0. The van der Waals surface area contributed by atoms with Crippen LogP contribution in [-0.4, -0.2) is 10.9 Å². The van der Waals surface area contributed by atoms with Crippen molar-refractivity contribution in [2.45, 2.75) is 77.0 Å². The van der Waals surface area contributed by atoms with Gasteiger partial charge >= 0.3 is 0 Å². The van der Waals surface area contributed by atoms with Gasteiger partial charge in [-0.05, 0) is 30.8 Å². The fraction of sp³-hybridized carbons (Fsp3) is 1.00. The Morgan fingerprint density at radius 2 is 1.16 bits per heavy atom. The SMILES string of the molecule is CCCCSCCCCCCCCCCC(I)(I)I. The van der Waals surface area contributed by atoms with E-state index in [0.29, 0.717) is -0.565 Å². The maximum atomic E-state index is 2.54. The Hall–Kier alpha value is 2.54. The van der Waals surface area contributed by atoms with Crippen molar-refractivity contribution in [3.05, 3.63) is 0 Å². The third kappa shape index (κ3) is 20.5. The third-order valence-electron chi connectivity index (χ3n) is 3.14. The molecule has 0 unspecified atom stereocenters. The van der Waals surface area contributed by atoms with Gasteiger partial charge in [0, 0.05) is 0 Å². The second-order valence-electron chi connectivity index (χ2n) is 5.16. The number of halogens is 3. The van der Waals surface area contributed by atoms with Gasteiger partial charge in [0.25, 0.3) is 0 Å². The Kier molecular flexibility index (Phi) is 17.5. The van der Waals surface area contributed by atoms with Gasteiger partial charge in [-0.3, -0.25) is 0 Å². The van der Waals surface area contributed by atoms with E-state index in [4.69, 9.17) is 0 Å². The van der Waals surface area contributed by atoms with Crippen LogP contribution in [-0.2, 0) is 0 Å². The lowest BCUT2D eigenvalue weighted by atomic mass is 10.1. The molecule has 0 spiro atoms. The Morgan fingerprint density at radius 1 is 0.684 bits per heavy atom. The van der Waals surface area contributed by atoms with E-state index in [1.807, 2.05) is 0 Å². The van der Waals surface area contributed by atoms with Gasteiger partial charge < -0.3 is 0 Å². The summed E-state index contributed by atoms with van der Waals surface area (Å²) < 4.78 is 0.447. The summed E-state index contributed by atoms with van der Waals surface area (Å²) in [5, 5.41) is 0. The van der Waals surface area contributed by atoms with Crippen molar-refractivity contribution in [3.8, 4) is 0 Å². The molecule has 0 fully saturated rings. The van der Waals surface area contributed by atoms with Crippen molar-refractivity contribution in [1.29, 1.82) is 0 Å². The summed E-state index contributed by atoms with van der Waals surface area (Å²) >= 11 is 9.78. The monoisotopic (exact) mass is 622 g/mol. The Morgan fingerprint density at radius 3 is 1.68 bits per heavy atom. The maximum Gasteiger partial charge on any atom is 0.124 e. The third-order valence-corrected chi connectivity index (χ3v) is 5.91. The predicted octanol–water partition coefficient (Wildman–Crippen LogP) is 7.99.